The molecule has 0 radical (unpaired) electrons. The zero-order chi connectivity index (χ0) is 9.69. The molecule has 1 fully saturated rings. The summed E-state index contributed by atoms with van der Waals surface area (Å²) in [5.74, 6) is -3.57. The highest BCUT2D eigenvalue weighted by Crippen LogP contribution is 2.46. The molecule has 0 aliphatic heterocycles. The smallest absolute Gasteiger partial charge is 0.319 e. The Bertz CT molecular complexity index is 305. The first-order valence-corrected chi connectivity index (χ1v) is 3.99. The molecule has 2 rings (SSSR count). The second kappa shape index (κ2) is 2.29. The highest BCUT2D eigenvalue weighted by Gasteiger charge is 2.46. The van der Waals surface area contributed by atoms with Gasteiger partial charge in [-0.3, -0.25) is 0 Å². The van der Waals surface area contributed by atoms with Gasteiger partial charge in [0.2, 0.25) is 0 Å². The number of nitrogens with zero attached hydrogens (tertiary/aromatic N) is 1. The van der Waals surface area contributed by atoms with Crippen LogP contribution in [0.2, 0.25) is 0 Å². The van der Waals surface area contributed by atoms with E-state index in [0.717, 1.165) is 0 Å². The van der Waals surface area contributed by atoms with Gasteiger partial charge in [0.05, 0.1) is 6.20 Å². The summed E-state index contributed by atoms with van der Waals surface area (Å²) in [5, 5.41) is 9.50. The van der Waals surface area contributed by atoms with E-state index in [-0.39, 0.29) is 5.76 Å². The van der Waals surface area contributed by atoms with Crippen LogP contribution in [0.5, 0.6) is 0 Å². The number of halogens is 2. The highest BCUT2D eigenvalue weighted by atomic mass is 19.3. The van der Waals surface area contributed by atoms with Gasteiger partial charge in [-0.1, -0.05) is 0 Å². The summed E-state index contributed by atoms with van der Waals surface area (Å²) in [6, 6.07) is 0. The lowest BCUT2D eigenvalue weighted by molar-refractivity contribution is -0.0149. The molecule has 1 aliphatic carbocycles. The van der Waals surface area contributed by atoms with Crippen LogP contribution in [0, 0.1) is 0 Å². The largest absolute Gasteiger partial charge is 0.437 e. The number of hydrogen-bond acceptors (Lipinski definition) is 3. The molecule has 1 N–H and O–H groups in total. The van der Waals surface area contributed by atoms with Gasteiger partial charge in [0.15, 0.2) is 5.76 Å². The van der Waals surface area contributed by atoms with E-state index in [1.54, 1.807) is 0 Å². The lowest BCUT2D eigenvalue weighted by Crippen LogP contribution is -2.07. The van der Waals surface area contributed by atoms with Crippen LogP contribution in [0.4, 0.5) is 8.78 Å². The van der Waals surface area contributed by atoms with Gasteiger partial charge < -0.3 is 9.52 Å². The number of aliphatic hydroxyl groups is 1. The Morgan fingerprint density at radius 2 is 2.23 bits per heavy atom. The third-order valence-electron chi connectivity index (χ3n) is 2.06. The third kappa shape index (κ3) is 1.44. The minimum Gasteiger partial charge on any atom is -0.437 e. The monoisotopic (exact) mass is 189 g/mol. The van der Waals surface area contributed by atoms with E-state index in [1.807, 2.05) is 0 Å². The molecule has 5 heteroatoms. The second-order valence-electron chi connectivity index (χ2n) is 3.45. The van der Waals surface area contributed by atoms with Gasteiger partial charge in [-0.25, -0.2) is 4.98 Å². The van der Waals surface area contributed by atoms with Crippen LogP contribution in [-0.2, 0) is 11.5 Å². The van der Waals surface area contributed by atoms with Crippen molar-refractivity contribution in [3.05, 3.63) is 17.8 Å². The highest BCUT2D eigenvalue weighted by molar-refractivity contribution is 5.14. The fourth-order valence-corrected chi connectivity index (χ4v) is 1.06. The minimum absolute atomic E-state index is 0.143. The molecule has 1 saturated carbocycles. The molecule has 1 aliphatic rings. The van der Waals surface area contributed by atoms with Crippen molar-refractivity contribution in [3.8, 4) is 0 Å². The molecule has 1 aromatic rings. The standard InChI is InChI=1S/C8H9F2NO2/c1-7(9,10)6-11-4-5(13-6)8(12)2-3-8/h4,12H,2-3H2,1H3. The van der Waals surface area contributed by atoms with Crippen molar-refractivity contribution in [1.82, 2.24) is 4.98 Å². The molecule has 0 saturated heterocycles. The zero-order valence-corrected chi connectivity index (χ0v) is 7.05. The first-order valence-electron chi connectivity index (χ1n) is 3.99. The third-order valence-corrected chi connectivity index (χ3v) is 2.06. The summed E-state index contributed by atoms with van der Waals surface area (Å²) in [7, 11) is 0. The van der Waals surface area contributed by atoms with E-state index in [9.17, 15) is 13.9 Å². The first-order chi connectivity index (χ1) is 5.92. The summed E-state index contributed by atoms with van der Waals surface area (Å²) < 4.78 is 30.0. The Balaban J connectivity index is 2.29. The van der Waals surface area contributed by atoms with E-state index in [0.29, 0.717) is 19.8 Å². The number of hydrogen-bond donors (Lipinski definition) is 1. The Morgan fingerprint density at radius 3 is 2.62 bits per heavy atom. The van der Waals surface area contributed by atoms with Crippen molar-refractivity contribution < 1.29 is 18.3 Å². The topological polar surface area (TPSA) is 46.3 Å². The molecule has 0 aromatic carbocycles. The fraction of sp³-hybridized carbons (Fsp3) is 0.625. The van der Waals surface area contributed by atoms with Crippen molar-refractivity contribution in [2.45, 2.75) is 31.3 Å². The fourth-order valence-electron chi connectivity index (χ4n) is 1.06. The van der Waals surface area contributed by atoms with E-state index < -0.39 is 17.4 Å². The maximum atomic E-state index is 12.6. The van der Waals surface area contributed by atoms with Crippen LogP contribution in [0.25, 0.3) is 0 Å². The number of alkyl halides is 2. The Hall–Kier alpha value is -0.970. The lowest BCUT2D eigenvalue weighted by atomic mass is 10.3. The maximum Gasteiger partial charge on any atom is 0.319 e. The Labute approximate surface area is 73.4 Å². The van der Waals surface area contributed by atoms with E-state index >= 15 is 0 Å². The quantitative estimate of drug-likeness (QED) is 0.771. The van der Waals surface area contributed by atoms with Crippen LogP contribution in [0.15, 0.2) is 10.6 Å². The van der Waals surface area contributed by atoms with Gasteiger partial charge >= 0.3 is 5.92 Å². The lowest BCUT2D eigenvalue weighted by Gasteiger charge is -2.04. The Morgan fingerprint density at radius 1 is 1.62 bits per heavy atom. The predicted molar refractivity (Wildman–Crippen MR) is 39.2 cm³/mol. The van der Waals surface area contributed by atoms with Gasteiger partial charge in [-0.05, 0) is 12.8 Å². The number of aromatic nitrogens is 1. The van der Waals surface area contributed by atoms with Crippen LogP contribution in [0.3, 0.4) is 0 Å². The predicted octanol–water partition coefficient (Wildman–Crippen LogP) is 1.77. The SMILES string of the molecule is CC(F)(F)c1ncc(C2(O)CC2)o1. The molecule has 0 unspecified atom stereocenters. The summed E-state index contributed by atoms with van der Waals surface area (Å²) in [6.45, 7) is 0.708. The Kier molecular flexibility index (Phi) is 1.52. The first kappa shape index (κ1) is 8.62. The summed E-state index contributed by atoms with van der Waals surface area (Å²) in [5.41, 5.74) is -1.03. The molecule has 0 spiro atoms. The normalized spacial score (nSPS) is 20.3. The summed E-state index contributed by atoms with van der Waals surface area (Å²) >= 11 is 0. The molecular formula is C8H9F2NO2. The van der Waals surface area contributed by atoms with Crippen molar-refractivity contribution in [1.29, 1.82) is 0 Å². The van der Waals surface area contributed by atoms with Crippen LogP contribution < -0.4 is 0 Å². The van der Waals surface area contributed by atoms with Crippen molar-refractivity contribution in [3.63, 3.8) is 0 Å². The van der Waals surface area contributed by atoms with Gasteiger partial charge in [0.25, 0.3) is 5.89 Å². The van der Waals surface area contributed by atoms with Gasteiger partial charge in [-0.2, -0.15) is 8.78 Å². The van der Waals surface area contributed by atoms with Crippen molar-refractivity contribution >= 4 is 0 Å². The molecule has 1 heterocycles. The summed E-state index contributed by atoms with van der Waals surface area (Å²) in [4.78, 5) is 3.42. The molecule has 13 heavy (non-hydrogen) atoms. The molecule has 3 nitrogen and oxygen atoms in total. The van der Waals surface area contributed by atoms with Gasteiger partial charge in [0, 0.05) is 6.92 Å². The zero-order valence-electron chi connectivity index (χ0n) is 7.05. The van der Waals surface area contributed by atoms with Crippen LogP contribution in [0.1, 0.15) is 31.4 Å². The second-order valence-corrected chi connectivity index (χ2v) is 3.45. The van der Waals surface area contributed by atoms with E-state index in [2.05, 4.69) is 4.98 Å². The molecule has 0 amide bonds. The number of oxazole rings is 1. The average Bonchev–Trinajstić information content (AvgIpc) is 2.60. The van der Waals surface area contributed by atoms with Crippen molar-refractivity contribution in [2.75, 3.05) is 0 Å². The molecule has 1 aromatic heterocycles. The van der Waals surface area contributed by atoms with E-state index in [1.165, 1.54) is 6.20 Å². The summed E-state index contributed by atoms with van der Waals surface area (Å²) in [6.07, 6.45) is 2.27. The van der Waals surface area contributed by atoms with Gasteiger partial charge in [-0.15, -0.1) is 0 Å². The number of rotatable bonds is 2. The van der Waals surface area contributed by atoms with E-state index in [4.69, 9.17) is 4.42 Å². The van der Waals surface area contributed by atoms with Crippen LogP contribution in [-0.4, -0.2) is 10.1 Å². The molecular weight excluding hydrogens is 180 g/mol. The molecule has 0 atom stereocenters. The maximum absolute atomic E-state index is 12.6. The molecule has 0 bridgehead atoms. The van der Waals surface area contributed by atoms with Gasteiger partial charge in [0.1, 0.15) is 5.60 Å². The minimum atomic E-state index is -3.08. The average molecular weight is 189 g/mol. The molecule has 72 valence electrons. The van der Waals surface area contributed by atoms with Crippen molar-refractivity contribution in [2.24, 2.45) is 0 Å². The van der Waals surface area contributed by atoms with Crippen LogP contribution >= 0.6 is 0 Å².